The van der Waals surface area contributed by atoms with Gasteiger partial charge in [0.15, 0.2) is 11.6 Å². The summed E-state index contributed by atoms with van der Waals surface area (Å²) in [6.45, 7) is 2.73. The molecule has 1 aromatic carbocycles. The zero-order valence-electron chi connectivity index (χ0n) is 15.6. The molecule has 0 spiro atoms. The molecule has 5 nitrogen and oxygen atoms in total. The van der Waals surface area contributed by atoms with Gasteiger partial charge in [-0.3, -0.25) is 9.59 Å². The third-order valence-electron chi connectivity index (χ3n) is 5.30. The van der Waals surface area contributed by atoms with Crippen LogP contribution in [0.15, 0.2) is 18.2 Å². The second kappa shape index (κ2) is 9.15. The van der Waals surface area contributed by atoms with E-state index in [9.17, 15) is 18.4 Å². The predicted octanol–water partition coefficient (Wildman–Crippen LogP) is 3.16. The van der Waals surface area contributed by atoms with Crippen LogP contribution >= 0.6 is 0 Å². The van der Waals surface area contributed by atoms with E-state index in [1.165, 1.54) is 6.07 Å². The van der Waals surface area contributed by atoms with Gasteiger partial charge in [-0.1, -0.05) is 0 Å². The van der Waals surface area contributed by atoms with Crippen LogP contribution in [-0.4, -0.2) is 53.8 Å². The Hall–Kier alpha value is -2.18. The van der Waals surface area contributed by atoms with Gasteiger partial charge in [-0.15, -0.1) is 0 Å². The molecule has 0 bridgehead atoms. The van der Waals surface area contributed by atoms with Crippen LogP contribution in [0, 0.1) is 11.6 Å². The molecule has 2 aliphatic rings. The summed E-state index contributed by atoms with van der Waals surface area (Å²) in [5.74, 6) is -1.46. The first-order chi connectivity index (χ1) is 13.0. The number of nitrogens with one attached hydrogen (secondary N) is 1. The van der Waals surface area contributed by atoms with E-state index in [1.54, 1.807) is 0 Å². The van der Waals surface area contributed by atoms with E-state index >= 15 is 0 Å². The number of rotatable bonds is 6. The van der Waals surface area contributed by atoms with Crippen LogP contribution in [0.5, 0.6) is 0 Å². The summed E-state index contributed by atoms with van der Waals surface area (Å²) in [5, 5.41) is 3.19. The lowest BCUT2D eigenvalue weighted by Gasteiger charge is -2.34. The van der Waals surface area contributed by atoms with Crippen LogP contribution in [0.1, 0.15) is 44.9 Å². The van der Waals surface area contributed by atoms with Crippen molar-refractivity contribution in [2.75, 3.05) is 31.5 Å². The van der Waals surface area contributed by atoms with Gasteiger partial charge in [0.1, 0.15) is 0 Å². The van der Waals surface area contributed by atoms with Crippen molar-refractivity contribution >= 4 is 17.5 Å². The van der Waals surface area contributed by atoms with Gasteiger partial charge in [0.05, 0.1) is 0 Å². The van der Waals surface area contributed by atoms with Crippen molar-refractivity contribution < 1.29 is 18.4 Å². The highest BCUT2D eigenvalue weighted by atomic mass is 19.2. The molecule has 0 radical (unpaired) electrons. The first-order valence-corrected chi connectivity index (χ1v) is 9.80. The first kappa shape index (κ1) is 19.6. The molecule has 0 aromatic heterocycles. The zero-order chi connectivity index (χ0) is 19.2. The summed E-state index contributed by atoms with van der Waals surface area (Å²) in [5.41, 5.74) is 0.525. The SMILES string of the molecule is O=C1CCCCN1CCCC(=O)N1CCC[C@@H](Nc2ccc(F)c(F)c2)C1. The zero-order valence-corrected chi connectivity index (χ0v) is 15.6. The quantitative estimate of drug-likeness (QED) is 0.826. The number of anilines is 1. The summed E-state index contributed by atoms with van der Waals surface area (Å²) in [6, 6.07) is 3.78. The monoisotopic (exact) mass is 379 g/mol. The second-order valence-electron chi connectivity index (χ2n) is 7.39. The summed E-state index contributed by atoms with van der Waals surface area (Å²) in [6.07, 6.45) is 5.50. The Morgan fingerprint density at radius 3 is 2.78 bits per heavy atom. The standard InChI is InChI=1S/C20H27F2N3O2/c21-17-9-8-15(13-18(17)22)23-16-5-3-12-25(14-16)20(27)7-4-11-24-10-2-1-6-19(24)26/h8-9,13,16,23H,1-7,10-12,14H2/t16-/m1/s1. The molecule has 2 fully saturated rings. The fourth-order valence-electron chi connectivity index (χ4n) is 3.82. The normalized spacial score (nSPS) is 20.7. The Morgan fingerprint density at radius 2 is 2.00 bits per heavy atom. The molecule has 1 aromatic rings. The van der Waals surface area contributed by atoms with Gasteiger partial charge in [-0.05, 0) is 44.2 Å². The Bertz CT molecular complexity index is 683. The highest BCUT2D eigenvalue weighted by Gasteiger charge is 2.24. The molecule has 7 heteroatoms. The maximum Gasteiger partial charge on any atom is 0.222 e. The molecular weight excluding hydrogens is 352 g/mol. The van der Waals surface area contributed by atoms with Gasteiger partial charge in [0.25, 0.3) is 0 Å². The number of benzene rings is 1. The molecule has 3 rings (SSSR count). The second-order valence-corrected chi connectivity index (χ2v) is 7.39. The number of piperidine rings is 2. The third kappa shape index (κ3) is 5.40. The molecule has 1 atom stereocenters. The lowest BCUT2D eigenvalue weighted by molar-refractivity contribution is -0.135. The molecule has 2 saturated heterocycles. The van der Waals surface area contributed by atoms with E-state index < -0.39 is 11.6 Å². The third-order valence-corrected chi connectivity index (χ3v) is 5.30. The van der Waals surface area contributed by atoms with Gasteiger partial charge in [-0.2, -0.15) is 0 Å². The van der Waals surface area contributed by atoms with E-state index in [0.717, 1.165) is 50.9 Å². The average Bonchev–Trinajstić information content (AvgIpc) is 2.66. The molecule has 0 saturated carbocycles. The number of halogens is 2. The van der Waals surface area contributed by atoms with Gasteiger partial charge in [-0.25, -0.2) is 8.78 Å². The average molecular weight is 379 g/mol. The molecule has 0 aliphatic carbocycles. The van der Waals surface area contributed by atoms with E-state index in [-0.39, 0.29) is 17.9 Å². The molecule has 0 unspecified atom stereocenters. The van der Waals surface area contributed by atoms with Gasteiger partial charge >= 0.3 is 0 Å². The van der Waals surface area contributed by atoms with E-state index in [1.807, 2.05) is 9.80 Å². The fourth-order valence-corrected chi connectivity index (χ4v) is 3.82. The predicted molar refractivity (Wildman–Crippen MR) is 99.2 cm³/mol. The summed E-state index contributed by atoms with van der Waals surface area (Å²) < 4.78 is 26.4. The van der Waals surface area contributed by atoms with E-state index in [0.29, 0.717) is 38.0 Å². The maximum atomic E-state index is 13.4. The van der Waals surface area contributed by atoms with Gasteiger partial charge in [0.2, 0.25) is 11.8 Å². The van der Waals surface area contributed by atoms with Gasteiger partial charge < -0.3 is 15.1 Å². The Labute approximate surface area is 158 Å². The summed E-state index contributed by atoms with van der Waals surface area (Å²) in [4.78, 5) is 28.0. The number of carbonyl (C=O) groups excluding carboxylic acids is 2. The van der Waals surface area contributed by atoms with Crippen molar-refractivity contribution in [3.63, 3.8) is 0 Å². The van der Waals surface area contributed by atoms with Crippen molar-refractivity contribution in [3.05, 3.63) is 29.8 Å². The first-order valence-electron chi connectivity index (χ1n) is 9.80. The lowest BCUT2D eigenvalue weighted by atomic mass is 10.0. The molecular formula is C20H27F2N3O2. The van der Waals surface area contributed by atoms with Crippen LogP contribution in [0.25, 0.3) is 0 Å². The highest BCUT2D eigenvalue weighted by molar-refractivity contribution is 5.77. The van der Waals surface area contributed by atoms with Crippen LogP contribution in [0.3, 0.4) is 0 Å². The van der Waals surface area contributed by atoms with E-state index in [2.05, 4.69) is 5.32 Å². The van der Waals surface area contributed by atoms with Crippen molar-refractivity contribution in [2.45, 2.75) is 51.0 Å². The minimum atomic E-state index is -0.879. The minimum Gasteiger partial charge on any atom is -0.380 e. The van der Waals surface area contributed by atoms with Crippen LogP contribution < -0.4 is 5.32 Å². The summed E-state index contributed by atoms with van der Waals surface area (Å²) in [7, 11) is 0. The van der Waals surface area contributed by atoms with Crippen molar-refractivity contribution in [2.24, 2.45) is 0 Å². The number of hydrogen-bond acceptors (Lipinski definition) is 3. The van der Waals surface area contributed by atoms with Crippen LogP contribution in [0.2, 0.25) is 0 Å². The van der Waals surface area contributed by atoms with Crippen LogP contribution in [-0.2, 0) is 9.59 Å². The number of nitrogens with zero attached hydrogens (tertiary/aromatic N) is 2. The minimum absolute atomic E-state index is 0.0243. The van der Waals surface area contributed by atoms with E-state index in [4.69, 9.17) is 0 Å². The number of likely N-dealkylation sites (tertiary alicyclic amines) is 2. The largest absolute Gasteiger partial charge is 0.380 e. The van der Waals surface area contributed by atoms with Crippen molar-refractivity contribution in [1.29, 1.82) is 0 Å². The maximum absolute atomic E-state index is 13.4. The summed E-state index contributed by atoms with van der Waals surface area (Å²) >= 11 is 0. The smallest absolute Gasteiger partial charge is 0.222 e. The topological polar surface area (TPSA) is 52.7 Å². The molecule has 27 heavy (non-hydrogen) atoms. The highest BCUT2D eigenvalue weighted by Crippen LogP contribution is 2.19. The number of amides is 2. The fraction of sp³-hybridized carbons (Fsp3) is 0.600. The molecule has 148 valence electrons. The molecule has 2 heterocycles. The number of carbonyl (C=O) groups is 2. The molecule has 2 amide bonds. The van der Waals surface area contributed by atoms with Crippen molar-refractivity contribution in [3.8, 4) is 0 Å². The Kier molecular flexibility index (Phi) is 6.63. The molecule has 2 aliphatic heterocycles. The van der Waals surface area contributed by atoms with Gasteiger partial charge in [0, 0.05) is 56.8 Å². The molecule has 1 N–H and O–H groups in total. The van der Waals surface area contributed by atoms with Crippen molar-refractivity contribution in [1.82, 2.24) is 9.80 Å². The van der Waals surface area contributed by atoms with Crippen LogP contribution in [0.4, 0.5) is 14.5 Å². The Balaban J connectivity index is 1.44. The Morgan fingerprint density at radius 1 is 1.15 bits per heavy atom. The lowest BCUT2D eigenvalue weighted by Crippen LogP contribution is -2.45. The number of hydrogen-bond donors (Lipinski definition) is 1.